The molecule has 0 bridgehead atoms. The van der Waals surface area contributed by atoms with Crippen LogP contribution in [0.2, 0.25) is 0 Å². The maximum atomic E-state index is 12.4. The van der Waals surface area contributed by atoms with Gasteiger partial charge in [-0.1, -0.05) is 23.9 Å². The van der Waals surface area contributed by atoms with Crippen molar-refractivity contribution in [3.63, 3.8) is 0 Å². The molecule has 0 saturated carbocycles. The number of hydrogen-bond acceptors (Lipinski definition) is 5. The molecule has 4 rings (SSSR count). The SMILES string of the molecule is C=CCn1c(SCC(=O)Nc2ccc3c(c2)CCC3)nnc1-c1ccoc1C. The molecule has 3 aromatic rings. The molecule has 0 spiro atoms. The first-order valence-electron chi connectivity index (χ1n) is 9.28. The molecule has 0 saturated heterocycles. The van der Waals surface area contributed by atoms with Gasteiger partial charge in [0.05, 0.1) is 17.6 Å². The minimum atomic E-state index is -0.0582. The van der Waals surface area contributed by atoms with Crippen LogP contribution in [0.1, 0.15) is 23.3 Å². The molecule has 2 aromatic heterocycles. The maximum absolute atomic E-state index is 12.4. The molecule has 28 heavy (non-hydrogen) atoms. The number of thioether (sulfide) groups is 1. The van der Waals surface area contributed by atoms with E-state index in [1.807, 2.05) is 23.6 Å². The van der Waals surface area contributed by atoms with Crippen molar-refractivity contribution in [1.82, 2.24) is 14.8 Å². The Morgan fingerprint density at radius 3 is 2.96 bits per heavy atom. The molecule has 0 fully saturated rings. The Hall–Kier alpha value is -2.80. The fourth-order valence-electron chi connectivity index (χ4n) is 3.48. The molecule has 6 nitrogen and oxygen atoms in total. The Morgan fingerprint density at radius 2 is 2.18 bits per heavy atom. The number of nitrogens with one attached hydrogen (secondary N) is 1. The van der Waals surface area contributed by atoms with Crippen molar-refractivity contribution >= 4 is 23.4 Å². The molecule has 1 amide bonds. The van der Waals surface area contributed by atoms with Gasteiger partial charge in [0.15, 0.2) is 11.0 Å². The summed E-state index contributed by atoms with van der Waals surface area (Å²) in [6.45, 7) is 6.26. The van der Waals surface area contributed by atoms with E-state index in [4.69, 9.17) is 4.42 Å². The highest BCUT2D eigenvalue weighted by Gasteiger charge is 2.18. The van der Waals surface area contributed by atoms with Crippen LogP contribution in [0.4, 0.5) is 5.69 Å². The number of amides is 1. The Labute approximate surface area is 168 Å². The van der Waals surface area contributed by atoms with Gasteiger partial charge in [0, 0.05) is 12.2 Å². The number of furan rings is 1. The van der Waals surface area contributed by atoms with Crippen LogP contribution in [0.5, 0.6) is 0 Å². The standard InChI is InChI=1S/C21H22N4O2S/c1-3-10-25-20(18-9-11-27-14(18)2)23-24-21(25)28-13-19(26)22-17-8-7-15-5-4-6-16(15)12-17/h3,7-9,11-12H,1,4-6,10,13H2,2H3,(H,22,26). The predicted molar refractivity (Wildman–Crippen MR) is 110 cm³/mol. The molecule has 1 aromatic carbocycles. The lowest BCUT2D eigenvalue weighted by molar-refractivity contribution is -0.113. The number of aromatic nitrogens is 3. The number of carbonyl (C=O) groups is 1. The van der Waals surface area contributed by atoms with E-state index in [2.05, 4.69) is 34.2 Å². The van der Waals surface area contributed by atoms with Crippen molar-refractivity contribution in [3.8, 4) is 11.4 Å². The molecule has 0 radical (unpaired) electrons. The molecule has 0 aliphatic heterocycles. The van der Waals surface area contributed by atoms with Crippen molar-refractivity contribution < 1.29 is 9.21 Å². The molecule has 0 atom stereocenters. The second-order valence-electron chi connectivity index (χ2n) is 6.77. The predicted octanol–water partition coefficient (Wildman–Crippen LogP) is 4.25. The van der Waals surface area contributed by atoms with Gasteiger partial charge in [-0.2, -0.15) is 0 Å². The van der Waals surface area contributed by atoms with Crippen molar-refractivity contribution in [1.29, 1.82) is 0 Å². The van der Waals surface area contributed by atoms with Gasteiger partial charge in [0.2, 0.25) is 5.91 Å². The number of aryl methyl sites for hydroxylation is 3. The van der Waals surface area contributed by atoms with Gasteiger partial charge >= 0.3 is 0 Å². The van der Waals surface area contributed by atoms with E-state index in [9.17, 15) is 4.79 Å². The lowest BCUT2D eigenvalue weighted by atomic mass is 10.1. The third kappa shape index (κ3) is 3.75. The highest BCUT2D eigenvalue weighted by atomic mass is 32.2. The van der Waals surface area contributed by atoms with Gasteiger partial charge in [0.1, 0.15) is 5.76 Å². The summed E-state index contributed by atoms with van der Waals surface area (Å²) in [5, 5.41) is 12.2. The summed E-state index contributed by atoms with van der Waals surface area (Å²) in [6, 6.07) is 8.05. The topological polar surface area (TPSA) is 73.0 Å². The fraction of sp³-hybridized carbons (Fsp3) is 0.286. The molecule has 1 N–H and O–H groups in total. The van der Waals surface area contributed by atoms with Crippen LogP contribution in [0.25, 0.3) is 11.4 Å². The van der Waals surface area contributed by atoms with Crippen molar-refractivity contribution in [2.24, 2.45) is 0 Å². The lowest BCUT2D eigenvalue weighted by Crippen LogP contribution is -2.15. The molecule has 1 aliphatic carbocycles. The van der Waals surface area contributed by atoms with Gasteiger partial charge in [-0.05, 0) is 55.5 Å². The number of benzene rings is 1. The third-order valence-electron chi connectivity index (χ3n) is 4.84. The Bertz CT molecular complexity index is 1020. The second kappa shape index (κ2) is 8.06. The van der Waals surface area contributed by atoms with E-state index >= 15 is 0 Å². The van der Waals surface area contributed by atoms with Gasteiger partial charge in [0.25, 0.3) is 0 Å². The van der Waals surface area contributed by atoms with E-state index in [0.29, 0.717) is 17.5 Å². The summed E-state index contributed by atoms with van der Waals surface area (Å²) in [4.78, 5) is 12.4. The number of rotatable bonds is 7. The Kier molecular flexibility index (Phi) is 5.34. The summed E-state index contributed by atoms with van der Waals surface area (Å²) >= 11 is 1.36. The van der Waals surface area contributed by atoms with Crippen molar-refractivity contribution in [2.45, 2.75) is 37.9 Å². The number of carbonyl (C=O) groups excluding carboxylic acids is 1. The van der Waals surface area contributed by atoms with Crippen molar-refractivity contribution in [3.05, 3.63) is 60.1 Å². The third-order valence-corrected chi connectivity index (χ3v) is 5.81. The number of allylic oxidation sites excluding steroid dienone is 1. The van der Waals surface area contributed by atoms with E-state index in [0.717, 1.165) is 29.9 Å². The summed E-state index contributed by atoms with van der Waals surface area (Å²) in [5.74, 6) is 1.70. The van der Waals surface area contributed by atoms with Crippen LogP contribution in [0, 0.1) is 6.92 Å². The minimum absolute atomic E-state index is 0.0582. The van der Waals surface area contributed by atoms with Gasteiger partial charge in [-0.15, -0.1) is 16.8 Å². The highest BCUT2D eigenvalue weighted by Crippen LogP contribution is 2.28. The molecular weight excluding hydrogens is 372 g/mol. The van der Waals surface area contributed by atoms with Gasteiger partial charge in [-0.25, -0.2) is 0 Å². The first kappa shape index (κ1) is 18.6. The summed E-state index contributed by atoms with van der Waals surface area (Å²) in [6.07, 6.45) is 6.84. The molecular formula is C21H22N4O2S. The van der Waals surface area contributed by atoms with Crippen LogP contribution in [-0.2, 0) is 24.2 Å². The molecule has 144 valence electrons. The monoisotopic (exact) mass is 394 g/mol. The average molecular weight is 395 g/mol. The van der Waals surface area contributed by atoms with E-state index in [1.54, 1.807) is 12.3 Å². The zero-order chi connectivity index (χ0) is 19.5. The number of anilines is 1. The minimum Gasteiger partial charge on any atom is -0.469 e. The van der Waals surface area contributed by atoms with Crippen molar-refractivity contribution in [2.75, 3.05) is 11.1 Å². The highest BCUT2D eigenvalue weighted by molar-refractivity contribution is 7.99. The normalized spacial score (nSPS) is 12.8. The summed E-state index contributed by atoms with van der Waals surface area (Å²) < 4.78 is 7.32. The van der Waals surface area contributed by atoms with E-state index in [1.165, 1.54) is 29.3 Å². The first-order chi connectivity index (χ1) is 13.7. The number of fused-ring (bicyclic) bond motifs is 1. The van der Waals surface area contributed by atoms with Crippen LogP contribution in [0.15, 0.2) is 52.8 Å². The molecule has 1 aliphatic rings. The second-order valence-corrected chi connectivity index (χ2v) is 7.71. The largest absolute Gasteiger partial charge is 0.469 e. The van der Waals surface area contributed by atoms with E-state index < -0.39 is 0 Å². The van der Waals surface area contributed by atoms with Gasteiger partial charge in [-0.3, -0.25) is 9.36 Å². The average Bonchev–Trinajstić information content (AvgIpc) is 3.40. The zero-order valence-corrected chi connectivity index (χ0v) is 16.6. The van der Waals surface area contributed by atoms with E-state index in [-0.39, 0.29) is 11.7 Å². The quantitative estimate of drug-likeness (QED) is 0.479. The molecule has 7 heteroatoms. The number of nitrogens with zero attached hydrogens (tertiary/aromatic N) is 3. The van der Waals surface area contributed by atoms with Crippen LogP contribution < -0.4 is 5.32 Å². The lowest BCUT2D eigenvalue weighted by Gasteiger charge is -2.09. The van der Waals surface area contributed by atoms with Crippen LogP contribution in [0.3, 0.4) is 0 Å². The summed E-state index contributed by atoms with van der Waals surface area (Å²) in [7, 11) is 0. The van der Waals surface area contributed by atoms with Crippen LogP contribution in [-0.4, -0.2) is 26.4 Å². The Morgan fingerprint density at radius 1 is 1.32 bits per heavy atom. The molecule has 0 unspecified atom stereocenters. The maximum Gasteiger partial charge on any atom is 0.234 e. The molecule has 2 heterocycles. The number of hydrogen-bond donors (Lipinski definition) is 1. The fourth-order valence-corrected chi connectivity index (χ4v) is 4.23. The first-order valence-corrected chi connectivity index (χ1v) is 10.3. The van der Waals surface area contributed by atoms with Gasteiger partial charge < -0.3 is 9.73 Å². The smallest absolute Gasteiger partial charge is 0.234 e. The zero-order valence-electron chi connectivity index (χ0n) is 15.8. The van der Waals surface area contributed by atoms with Crippen LogP contribution >= 0.6 is 11.8 Å². The summed E-state index contributed by atoms with van der Waals surface area (Å²) in [5.41, 5.74) is 4.49. The Balaban J connectivity index is 1.44.